The first-order valence-corrected chi connectivity index (χ1v) is 7.75. The fourth-order valence-electron chi connectivity index (χ4n) is 1.48. The number of thiophene rings is 1. The zero-order chi connectivity index (χ0) is 14.4. The van der Waals surface area contributed by atoms with E-state index in [9.17, 15) is 9.90 Å². The van der Waals surface area contributed by atoms with E-state index in [2.05, 4.69) is 22.2 Å². The molecule has 0 aromatic carbocycles. The minimum absolute atomic E-state index is 0.183. The molecule has 0 aliphatic carbocycles. The average molecular weight is 309 g/mol. The Morgan fingerprint density at radius 3 is 3.15 bits per heavy atom. The van der Waals surface area contributed by atoms with E-state index < -0.39 is 6.10 Å². The van der Waals surface area contributed by atoms with Crippen LogP contribution in [0.5, 0.6) is 0 Å². The Morgan fingerprint density at radius 2 is 2.45 bits per heavy atom. The maximum absolute atomic E-state index is 11.9. The summed E-state index contributed by atoms with van der Waals surface area (Å²) in [4.78, 5) is 16.5. The van der Waals surface area contributed by atoms with Gasteiger partial charge in [0.05, 0.1) is 12.3 Å². The average Bonchev–Trinajstić information content (AvgIpc) is 3.12. The molecule has 0 saturated carbocycles. The van der Waals surface area contributed by atoms with Crippen molar-refractivity contribution in [2.24, 2.45) is 0 Å². The number of thiazole rings is 1. The number of rotatable bonds is 7. The summed E-state index contributed by atoms with van der Waals surface area (Å²) in [7, 11) is 0. The minimum Gasteiger partial charge on any atom is -0.387 e. The highest BCUT2D eigenvalue weighted by atomic mass is 32.1. The lowest BCUT2D eigenvalue weighted by Gasteiger charge is -2.09. The Labute approximate surface area is 125 Å². The molecule has 3 N–H and O–H groups in total. The zero-order valence-electron chi connectivity index (χ0n) is 10.7. The summed E-state index contributed by atoms with van der Waals surface area (Å²) in [6.07, 6.45) is 2.55. The maximum atomic E-state index is 11.9. The molecule has 0 bridgehead atoms. The van der Waals surface area contributed by atoms with Crippen LogP contribution < -0.4 is 10.6 Å². The molecule has 1 amide bonds. The molecular formula is C13H15N3O2S2. The van der Waals surface area contributed by atoms with Gasteiger partial charge in [-0.3, -0.25) is 4.79 Å². The SMILES string of the molecule is C=CCNc1ncc(C(=O)NCC(O)c2ccsc2)s1. The normalized spacial score (nSPS) is 11.8. The van der Waals surface area contributed by atoms with Gasteiger partial charge in [-0.2, -0.15) is 11.3 Å². The lowest BCUT2D eigenvalue weighted by Crippen LogP contribution is -2.27. The molecule has 7 heteroatoms. The molecule has 2 aromatic rings. The van der Waals surface area contributed by atoms with E-state index in [4.69, 9.17) is 0 Å². The summed E-state index contributed by atoms with van der Waals surface area (Å²) < 4.78 is 0. The largest absolute Gasteiger partial charge is 0.387 e. The van der Waals surface area contributed by atoms with Crippen LogP contribution >= 0.6 is 22.7 Å². The summed E-state index contributed by atoms with van der Waals surface area (Å²) in [5.41, 5.74) is 0.813. The van der Waals surface area contributed by atoms with Crippen molar-refractivity contribution in [1.29, 1.82) is 0 Å². The van der Waals surface area contributed by atoms with E-state index in [0.29, 0.717) is 16.6 Å². The number of nitrogens with one attached hydrogen (secondary N) is 2. The highest BCUT2D eigenvalue weighted by Gasteiger charge is 2.13. The first kappa shape index (κ1) is 14.7. The fourth-order valence-corrected chi connectivity index (χ4v) is 2.93. The van der Waals surface area contributed by atoms with Crippen LogP contribution in [0.3, 0.4) is 0 Å². The third-order valence-corrected chi connectivity index (χ3v) is 4.17. The van der Waals surface area contributed by atoms with E-state index in [1.54, 1.807) is 6.08 Å². The number of nitrogens with zero attached hydrogens (tertiary/aromatic N) is 1. The molecule has 0 fully saturated rings. The van der Waals surface area contributed by atoms with Crippen LogP contribution in [-0.2, 0) is 0 Å². The van der Waals surface area contributed by atoms with Gasteiger partial charge in [0, 0.05) is 13.1 Å². The Hall–Kier alpha value is -1.70. The molecule has 106 valence electrons. The molecule has 0 aliphatic rings. The van der Waals surface area contributed by atoms with Gasteiger partial charge >= 0.3 is 0 Å². The van der Waals surface area contributed by atoms with Gasteiger partial charge in [0.1, 0.15) is 4.88 Å². The lowest BCUT2D eigenvalue weighted by atomic mass is 10.2. The van der Waals surface area contributed by atoms with Crippen molar-refractivity contribution < 1.29 is 9.90 Å². The monoisotopic (exact) mass is 309 g/mol. The summed E-state index contributed by atoms with van der Waals surface area (Å²) in [6.45, 7) is 4.39. The molecule has 0 spiro atoms. The van der Waals surface area contributed by atoms with Gasteiger partial charge in [0.15, 0.2) is 5.13 Å². The summed E-state index contributed by atoms with van der Waals surface area (Å²) in [5, 5.41) is 20.0. The topological polar surface area (TPSA) is 74.2 Å². The molecule has 0 saturated heterocycles. The van der Waals surface area contributed by atoms with Crippen molar-refractivity contribution in [2.75, 3.05) is 18.4 Å². The highest BCUT2D eigenvalue weighted by Crippen LogP contribution is 2.18. The number of anilines is 1. The molecule has 5 nitrogen and oxygen atoms in total. The first-order valence-electron chi connectivity index (χ1n) is 5.99. The zero-order valence-corrected chi connectivity index (χ0v) is 12.3. The Morgan fingerprint density at radius 1 is 1.60 bits per heavy atom. The van der Waals surface area contributed by atoms with Crippen LogP contribution in [-0.4, -0.2) is 29.1 Å². The molecule has 2 aromatic heterocycles. The summed E-state index contributed by atoms with van der Waals surface area (Å²) in [6, 6.07) is 1.84. The van der Waals surface area contributed by atoms with Gasteiger partial charge in [0.25, 0.3) is 5.91 Å². The second-order valence-electron chi connectivity index (χ2n) is 3.98. The molecular weight excluding hydrogens is 294 g/mol. The van der Waals surface area contributed by atoms with Crippen LogP contribution in [0.1, 0.15) is 21.3 Å². The van der Waals surface area contributed by atoms with E-state index in [-0.39, 0.29) is 12.5 Å². The van der Waals surface area contributed by atoms with Gasteiger partial charge in [-0.25, -0.2) is 4.98 Å². The maximum Gasteiger partial charge on any atom is 0.263 e. The van der Waals surface area contributed by atoms with Crippen LogP contribution in [0.25, 0.3) is 0 Å². The smallest absolute Gasteiger partial charge is 0.263 e. The molecule has 2 rings (SSSR count). The number of aliphatic hydroxyl groups is 1. The van der Waals surface area contributed by atoms with Crippen molar-refractivity contribution in [3.8, 4) is 0 Å². The van der Waals surface area contributed by atoms with Gasteiger partial charge in [-0.05, 0) is 22.4 Å². The van der Waals surface area contributed by atoms with E-state index in [1.807, 2.05) is 16.8 Å². The van der Waals surface area contributed by atoms with Crippen molar-refractivity contribution in [2.45, 2.75) is 6.10 Å². The Kier molecular flexibility index (Phi) is 5.28. The fraction of sp³-hybridized carbons (Fsp3) is 0.231. The second kappa shape index (κ2) is 7.18. The molecule has 1 unspecified atom stereocenters. The molecule has 20 heavy (non-hydrogen) atoms. The van der Waals surface area contributed by atoms with Crippen LogP contribution in [0.2, 0.25) is 0 Å². The number of carbonyl (C=O) groups is 1. The molecule has 0 aliphatic heterocycles. The third-order valence-electron chi connectivity index (χ3n) is 2.51. The number of carbonyl (C=O) groups excluding carboxylic acids is 1. The van der Waals surface area contributed by atoms with Crippen molar-refractivity contribution in [3.63, 3.8) is 0 Å². The van der Waals surface area contributed by atoms with Crippen LogP contribution in [0.4, 0.5) is 5.13 Å². The van der Waals surface area contributed by atoms with Crippen molar-refractivity contribution in [1.82, 2.24) is 10.3 Å². The number of hydrogen-bond acceptors (Lipinski definition) is 6. The Bertz CT molecular complexity index is 566. The van der Waals surface area contributed by atoms with Gasteiger partial charge in [-0.1, -0.05) is 17.4 Å². The summed E-state index contributed by atoms with van der Waals surface area (Å²) >= 11 is 2.78. The third kappa shape index (κ3) is 3.89. The van der Waals surface area contributed by atoms with Crippen molar-refractivity contribution in [3.05, 3.63) is 46.1 Å². The predicted molar refractivity (Wildman–Crippen MR) is 82.4 cm³/mol. The van der Waals surface area contributed by atoms with E-state index in [0.717, 1.165) is 5.56 Å². The van der Waals surface area contributed by atoms with Crippen molar-refractivity contribution >= 4 is 33.7 Å². The highest BCUT2D eigenvalue weighted by molar-refractivity contribution is 7.17. The molecule has 2 heterocycles. The predicted octanol–water partition coefficient (Wildman–Crippen LogP) is 2.27. The number of amides is 1. The quantitative estimate of drug-likeness (QED) is 0.686. The minimum atomic E-state index is -0.684. The van der Waals surface area contributed by atoms with Crippen LogP contribution in [0, 0.1) is 0 Å². The van der Waals surface area contributed by atoms with Crippen LogP contribution in [0.15, 0.2) is 35.7 Å². The first-order chi connectivity index (χ1) is 9.70. The number of aliphatic hydroxyl groups excluding tert-OH is 1. The molecule has 1 atom stereocenters. The second-order valence-corrected chi connectivity index (χ2v) is 5.79. The van der Waals surface area contributed by atoms with Gasteiger partial charge in [0.2, 0.25) is 0 Å². The van der Waals surface area contributed by atoms with E-state index >= 15 is 0 Å². The van der Waals surface area contributed by atoms with Gasteiger partial charge < -0.3 is 15.7 Å². The number of aromatic nitrogens is 1. The summed E-state index contributed by atoms with van der Waals surface area (Å²) in [5.74, 6) is -0.233. The Balaban J connectivity index is 1.85. The van der Waals surface area contributed by atoms with E-state index in [1.165, 1.54) is 28.9 Å². The number of hydrogen-bond donors (Lipinski definition) is 3. The van der Waals surface area contributed by atoms with Gasteiger partial charge in [-0.15, -0.1) is 6.58 Å². The molecule has 0 radical (unpaired) electrons. The lowest BCUT2D eigenvalue weighted by molar-refractivity contribution is 0.0920. The standard InChI is InChI=1S/C13H15N3O2S2/c1-2-4-14-13-16-7-11(20-13)12(18)15-6-10(17)9-3-5-19-8-9/h2-3,5,7-8,10,17H,1,4,6H2,(H,14,16)(H,15,18).